The molecule has 2 aliphatic heterocycles. The number of carbonyl (C=O) groups excluding carboxylic acids is 1. The lowest BCUT2D eigenvalue weighted by Crippen LogP contribution is -2.41. The summed E-state index contributed by atoms with van der Waals surface area (Å²) in [5.41, 5.74) is 1.56. The van der Waals surface area contributed by atoms with Crippen LogP contribution in [0.2, 0.25) is 0 Å². The first-order chi connectivity index (χ1) is 8.24. The van der Waals surface area contributed by atoms with Gasteiger partial charge in [-0.2, -0.15) is 0 Å². The van der Waals surface area contributed by atoms with Gasteiger partial charge in [-0.25, -0.2) is 9.18 Å². The van der Waals surface area contributed by atoms with Crippen LogP contribution in [-0.4, -0.2) is 19.1 Å². The predicted octanol–water partition coefficient (Wildman–Crippen LogP) is 1.61. The van der Waals surface area contributed by atoms with Crippen LogP contribution >= 0.6 is 0 Å². The fourth-order valence-corrected chi connectivity index (χ4v) is 2.62. The summed E-state index contributed by atoms with van der Waals surface area (Å²) < 4.78 is 13.1. The molecule has 3 rings (SSSR count). The number of amides is 2. The highest BCUT2D eigenvalue weighted by molar-refractivity contribution is 5.93. The summed E-state index contributed by atoms with van der Waals surface area (Å²) in [5.74, 6) is 0.0551. The van der Waals surface area contributed by atoms with Crippen LogP contribution in [0, 0.1) is 11.7 Å². The number of anilines is 1. The number of carbonyl (C=O) groups is 1. The van der Waals surface area contributed by atoms with Crippen LogP contribution < -0.4 is 16.0 Å². The Bertz CT molecular complexity index is 457. The third-order valence-electron chi connectivity index (χ3n) is 3.46. The molecule has 1 fully saturated rings. The van der Waals surface area contributed by atoms with Crippen LogP contribution in [-0.2, 0) is 0 Å². The Morgan fingerprint density at radius 1 is 1.35 bits per heavy atom. The van der Waals surface area contributed by atoms with E-state index in [1.165, 1.54) is 12.1 Å². The number of urea groups is 1. The first kappa shape index (κ1) is 10.5. The SMILES string of the molecule is O=C1Nc2cc(F)ccc2C(C2CCNC2)N1. The second-order valence-electron chi connectivity index (χ2n) is 4.56. The summed E-state index contributed by atoms with van der Waals surface area (Å²) >= 11 is 0. The van der Waals surface area contributed by atoms with Gasteiger partial charge in [0.2, 0.25) is 0 Å². The maximum absolute atomic E-state index is 13.1. The quantitative estimate of drug-likeness (QED) is 0.692. The van der Waals surface area contributed by atoms with E-state index in [-0.39, 0.29) is 17.9 Å². The third-order valence-corrected chi connectivity index (χ3v) is 3.46. The van der Waals surface area contributed by atoms with Crippen molar-refractivity contribution in [2.24, 2.45) is 5.92 Å². The van der Waals surface area contributed by atoms with Crippen molar-refractivity contribution in [2.75, 3.05) is 18.4 Å². The van der Waals surface area contributed by atoms with E-state index in [0.717, 1.165) is 25.1 Å². The van der Waals surface area contributed by atoms with Crippen molar-refractivity contribution in [2.45, 2.75) is 12.5 Å². The Balaban J connectivity index is 1.98. The Hall–Kier alpha value is -1.62. The molecule has 0 saturated carbocycles. The monoisotopic (exact) mass is 235 g/mol. The average Bonchev–Trinajstić information content (AvgIpc) is 2.80. The minimum absolute atomic E-state index is 0.0191. The van der Waals surface area contributed by atoms with Crippen LogP contribution in [0.5, 0.6) is 0 Å². The van der Waals surface area contributed by atoms with Gasteiger partial charge in [-0.3, -0.25) is 0 Å². The molecule has 0 radical (unpaired) electrons. The molecule has 1 aromatic rings. The Kier molecular flexibility index (Phi) is 2.48. The number of nitrogens with one attached hydrogen (secondary N) is 3. The van der Waals surface area contributed by atoms with E-state index < -0.39 is 0 Å². The minimum Gasteiger partial charge on any atom is -0.331 e. The highest BCUT2D eigenvalue weighted by Gasteiger charge is 2.32. The Morgan fingerprint density at radius 2 is 2.24 bits per heavy atom. The molecule has 5 heteroatoms. The van der Waals surface area contributed by atoms with Crippen molar-refractivity contribution >= 4 is 11.7 Å². The molecule has 2 unspecified atom stereocenters. The van der Waals surface area contributed by atoms with Gasteiger partial charge in [0.15, 0.2) is 0 Å². The molecule has 3 N–H and O–H groups in total. The molecular weight excluding hydrogens is 221 g/mol. The van der Waals surface area contributed by atoms with Gasteiger partial charge in [0, 0.05) is 6.54 Å². The van der Waals surface area contributed by atoms with Crippen LogP contribution in [0.15, 0.2) is 18.2 Å². The van der Waals surface area contributed by atoms with Crippen molar-refractivity contribution < 1.29 is 9.18 Å². The van der Waals surface area contributed by atoms with Crippen molar-refractivity contribution in [1.29, 1.82) is 0 Å². The Morgan fingerprint density at radius 3 is 3.00 bits per heavy atom. The molecule has 17 heavy (non-hydrogen) atoms. The van der Waals surface area contributed by atoms with Crippen molar-refractivity contribution in [3.63, 3.8) is 0 Å². The number of benzene rings is 1. The lowest BCUT2D eigenvalue weighted by molar-refractivity contribution is 0.241. The van der Waals surface area contributed by atoms with Crippen LogP contribution in [0.3, 0.4) is 0 Å². The van der Waals surface area contributed by atoms with Crippen molar-refractivity contribution in [3.8, 4) is 0 Å². The van der Waals surface area contributed by atoms with Gasteiger partial charge in [0.05, 0.1) is 11.7 Å². The number of hydrogen-bond acceptors (Lipinski definition) is 2. The van der Waals surface area contributed by atoms with Crippen molar-refractivity contribution in [3.05, 3.63) is 29.6 Å². The summed E-state index contributed by atoms with van der Waals surface area (Å²) in [7, 11) is 0. The highest BCUT2D eigenvalue weighted by atomic mass is 19.1. The van der Waals surface area contributed by atoms with E-state index in [9.17, 15) is 9.18 Å². The summed E-state index contributed by atoms with van der Waals surface area (Å²) in [4.78, 5) is 11.5. The van der Waals surface area contributed by atoms with Crippen LogP contribution in [0.4, 0.5) is 14.9 Å². The smallest absolute Gasteiger partial charge is 0.319 e. The van der Waals surface area contributed by atoms with E-state index in [1.807, 2.05) is 0 Å². The third kappa shape index (κ3) is 1.86. The molecule has 0 spiro atoms. The van der Waals surface area contributed by atoms with Crippen LogP contribution in [0.1, 0.15) is 18.0 Å². The molecule has 2 amide bonds. The van der Waals surface area contributed by atoms with E-state index in [0.29, 0.717) is 11.6 Å². The topological polar surface area (TPSA) is 53.2 Å². The number of halogens is 1. The average molecular weight is 235 g/mol. The van der Waals surface area contributed by atoms with Gasteiger partial charge < -0.3 is 16.0 Å². The molecule has 0 bridgehead atoms. The lowest BCUT2D eigenvalue weighted by atomic mass is 9.90. The zero-order valence-corrected chi connectivity index (χ0v) is 9.29. The van der Waals surface area contributed by atoms with Gasteiger partial charge >= 0.3 is 6.03 Å². The van der Waals surface area contributed by atoms with Crippen LogP contribution in [0.25, 0.3) is 0 Å². The van der Waals surface area contributed by atoms with E-state index in [4.69, 9.17) is 0 Å². The summed E-state index contributed by atoms with van der Waals surface area (Å²) in [5, 5.41) is 8.85. The van der Waals surface area contributed by atoms with Gasteiger partial charge in [-0.05, 0) is 36.6 Å². The molecule has 2 aliphatic rings. The number of hydrogen-bond donors (Lipinski definition) is 3. The lowest BCUT2D eigenvalue weighted by Gasteiger charge is -2.31. The number of fused-ring (bicyclic) bond motifs is 1. The van der Waals surface area contributed by atoms with E-state index >= 15 is 0 Å². The largest absolute Gasteiger partial charge is 0.331 e. The standard InChI is InChI=1S/C12H14FN3O/c13-8-1-2-9-10(5-8)15-12(17)16-11(9)7-3-4-14-6-7/h1-2,5,7,11,14H,3-4,6H2,(H2,15,16,17). The highest BCUT2D eigenvalue weighted by Crippen LogP contribution is 2.34. The zero-order chi connectivity index (χ0) is 11.8. The normalized spacial score (nSPS) is 27.2. The fraction of sp³-hybridized carbons (Fsp3) is 0.417. The molecule has 1 saturated heterocycles. The molecule has 1 aromatic carbocycles. The maximum Gasteiger partial charge on any atom is 0.319 e. The molecule has 0 aliphatic carbocycles. The Labute approximate surface area is 98.6 Å². The second-order valence-corrected chi connectivity index (χ2v) is 4.56. The molecule has 2 atom stereocenters. The molecular formula is C12H14FN3O. The van der Waals surface area contributed by atoms with Gasteiger partial charge in [-0.1, -0.05) is 6.07 Å². The predicted molar refractivity (Wildman–Crippen MR) is 62.3 cm³/mol. The van der Waals surface area contributed by atoms with Gasteiger partial charge in [0.25, 0.3) is 0 Å². The summed E-state index contributed by atoms with van der Waals surface area (Å²) in [6.07, 6.45) is 1.03. The van der Waals surface area contributed by atoms with Gasteiger partial charge in [-0.15, -0.1) is 0 Å². The first-order valence-electron chi connectivity index (χ1n) is 5.82. The van der Waals surface area contributed by atoms with E-state index in [2.05, 4.69) is 16.0 Å². The molecule has 2 heterocycles. The minimum atomic E-state index is -0.325. The molecule has 90 valence electrons. The number of rotatable bonds is 1. The van der Waals surface area contributed by atoms with Crippen molar-refractivity contribution in [1.82, 2.24) is 10.6 Å². The van der Waals surface area contributed by atoms with E-state index in [1.54, 1.807) is 6.07 Å². The summed E-state index contributed by atoms with van der Waals surface area (Å²) in [6, 6.07) is 4.30. The first-order valence-corrected chi connectivity index (χ1v) is 5.82. The summed E-state index contributed by atoms with van der Waals surface area (Å²) in [6.45, 7) is 1.86. The zero-order valence-electron chi connectivity index (χ0n) is 9.29. The molecule has 0 aromatic heterocycles. The fourth-order valence-electron chi connectivity index (χ4n) is 2.62. The molecule has 4 nitrogen and oxygen atoms in total. The van der Waals surface area contributed by atoms with Gasteiger partial charge in [0.1, 0.15) is 5.82 Å². The maximum atomic E-state index is 13.1. The second kappa shape index (κ2) is 4.00.